The van der Waals surface area contributed by atoms with Gasteiger partial charge < -0.3 is 5.73 Å². The fraction of sp³-hybridized carbons (Fsp3) is 0. The van der Waals surface area contributed by atoms with E-state index in [0.717, 1.165) is 22.3 Å². The molecule has 0 spiro atoms. The van der Waals surface area contributed by atoms with Gasteiger partial charge in [0.2, 0.25) is 5.95 Å². The number of hydrogen-bond acceptors (Lipinski definition) is 7. The van der Waals surface area contributed by atoms with Gasteiger partial charge in [0.25, 0.3) is 5.91 Å². The van der Waals surface area contributed by atoms with E-state index >= 15 is 0 Å². The van der Waals surface area contributed by atoms with E-state index in [1.54, 1.807) is 18.2 Å². The highest BCUT2D eigenvalue weighted by molar-refractivity contribution is 7.22. The summed E-state index contributed by atoms with van der Waals surface area (Å²) in [5.74, 6) is -1.71. The Bertz CT molecular complexity index is 1140. The maximum absolute atomic E-state index is 13.7. The molecular formula is C16H9F2N5OS2. The first-order chi connectivity index (χ1) is 12.5. The summed E-state index contributed by atoms with van der Waals surface area (Å²) in [5, 5.41) is 2.79. The van der Waals surface area contributed by atoms with Crippen LogP contribution in [0.2, 0.25) is 0 Å². The number of nitrogens with one attached hydrogen (secondary N) is 1. The molecule has 0 aliphatic rings. The maximum atomic E-state index is 13.7. The lowest BCUT2D eigenvalue weighted by atomic mass is 10.3. The predicted octanol–water partition coefficient (Wildman–Crippen LogP) is 3.93. The Morgan fingerprint density at radius 3 is 2.77 bits per heavy atom. The number of amides is 1. The van der Waals surface area contributed by atoms with Gasteiger partial charge in [0, 0.05) is 12.3 Å². The molecule has 1 amide bonds. The minimum absolute atomic E-state index is 0.0232. The molecule has 3 aromatic heterocycles. The van der Waals surface area contributed by atoms with Gasteiger partial charge in [0.1, 0.15) is 11.3 Å². The van der Waals surface area contributed by atoms with Crippen LogP contribution in [-0.2, 0) is 0 Å². The molecule has 0 bridgehead atoms. The van der Waals surface area contributed by atoms with Crippen molar-refractivity contribution in [2.45, 2.75) is 0 Å². The molecule has 0 radical (unpaired) electrons. The molecule has 3 N–H and O–H groups in total. The summed E-state index contributed by atoms with van der Waals surface area (Å²) < 4.78 is 27.3. The van der Waals surface area contributed by atoms with Crippen LogP contribution in [0.5, 0.6) is 0 Å². The standard InChI is InChI=1S/C16H9F2N5OS2/c17-7-5-8(18)13-12(6-7)26-16(22-13)23-14(24)11-2-1-10(25-11)9-3-4-20-15(19)21-9/h1-6H,(H2,19,20,21)(H,22,23,24). The second kappa shape index (κ2) is 6.39. The number of nitrogens with zero attached hydrogens (tertiary/aromatic N) is 3. The second-order valence-electron chi connectivity index (χ2n) is 5.17. The van der Waals surface area contributed by atoms with E-state index in [1.165, 1.54) is 23.6 Å². The number of halogens is 2. The number of fused-ring (bicyclic) bond motifs is 1. The summed E-state index contributed by atoms with van der Waals surface area (Å²) >= 11 is 2.22. The van der Waals surface area contributed by atoms with Crippen molar-refractivity contribution in [1.29, 1.82) is 0 Å². The van der Waals surface area contributed by atoms with Crippen LogP contribution in [0, 0.1) is 11.6 Å². The van der Waals surface area contributed by atoms with Gasteiger partial charge in [0.05, 0.1) is 20.1 Å². The third-order valence-corrected chi connectivity index (χ3v) is 5.41. The summed E-state index contributed by atoms with van der Waals surface area (Å²) in [4.78, 5) is 25.5. The average molecular weight is 389 g/mol. The van der Waals surface area contributed by atoms with E-state index in [0.29, 0.717) is 15.3 Å². The Morgan fingerprint density at radius 1 is 1.12 bits per heavy atom. The number of benzene rings is 1. The zero-order valence-corrected chi connectivity index (χ0v) is 14.5. The van der Waals surface area contributed by atoms with E-state index < -0.39 is 17.5 Å². The first-order valence-corrected chi connectivity index (χ1v) is 8.88. The molecule has 0 aliphatic heterocycles. The van der Waals surface area contributed by atoms with Crippen molar-refractivity contribution >= 4 is 49.9 Å². The number of carbonyl (C=O) groups is 1. The molecule has 0 fully saturated rings. The highest BCUT2D eigenvalue weighted by atomic mass is 32.1. The van der Waals surface area contributed by atoms with Crippen LogP contribution in [0.15, 0.2) is 36.5 Å². The molecule has 0 saturated carbocycles. The minimum atomic E-state index is -0.767. The second-order valence-corrected chi connectivity index (χ2v) is 7.29. The molecule has 0 atom stereocenters. The molecular weight excluding hydrogens is 380 g/mol. The predicted molar refractivity (Wildman–Crippen MR) is 97.2 cm³/mol. The van der Waals surface area contributed by atoms with E-state index in [-0.39, 0.29) is 16.6 Å². The molecule has 0 aliphatic carbocycles. The Labute approximate surface area is 153 Å². The number of anilines is 2. The highest BCUT2D eigenvalue weighted by Gasteiger charge is 2.15. The number of hydrogen-bond donors (Lipinski definition) is 2. The zero-order chi connectivity index (χ0) is 18.3. The lowest BCUT2D eigenvalue weighted by molar-refractivity contribution is 0.103. The normalized spacial score (nSPS) is 11.0. The molecule has 0 unspecified atom stereocenters. The fourth-order valence-corrected chi connectivity index (χ4v) is 4.05. The van der Waals surface area contributed by atoms with Crippen molar-refractivity contribution in [1.82, 2.24) is 15.0 Å². The van der Waals surface area contributed by atoms with Crippen LogP contribution in [-0.4, -0.2) is 20.9 Å². The van der Waals surface area contributed by atoms with Crippen LogP contribution < -0.4 is 11.1 Å². The topological polar surface area (TPSA) is 93.8 Å². The van der Waals surface area contributed by atoms with E-state index in [2.05, 4.69) is 20.3 Å². The summed E-state index contributed by atoms with van der Waals surface area (Å²) in [6.45, 7) is 0. The van der Waals surface area contributed by atoms with Crippen molar-refractivity contribution in [3.05, 3.63) is 53.0 Å². The number of nitrogens with two attached hydrogens (primary N) is 1. The fourth-order valence-electron chi connectivity index (χ4n) is 2.28. The molecule has 4 aromatic rings. The Morgan fingerprint density at radius 2 is 1.96 bits per heavy atom. The number of nitrogen functional groups attached to an aromatic ring is 1. The maximum Gasteiger partial charge on any atom is 0.267 e. The van der Waals surface area contributed by atoms with Crippen LogP contribution in [0.3, 0.4) is 0 Å². The van der Waals surface area contributed by atoms with Gasteiger partial charge >= 0.3 is 0 Å². The quantitative estimate of drug-likeness (QED) is 0.554. The van der Waals surface area contributed by atoms with E-state index in [4.69, 9.17) is 5.73 Å². The van der Waals surface area contributed by atoms with Crippen molar-refractivity contribution in [2.24, 2.45) is 0 Å². The molecule has 6 nitrogen and oxygen atoms in total. The Kier molecular flexibility index (Phi) is 4.05. The lowest BCUT2D eigenvalue weighted by Gasteiger charge is -1.98. The highest BCUT2D eigenvalue weighted by Crippen LogP contribution is 2.31. The summed E-state index contributed by atoms with van der Waals surface area (Å²) in [7, 11) is 0. The van der Waals surface area contributed by atoms with Gasteiger partial charge in [-0.15, -0.1) is 11.3 Å². The lowest BCUT2D eigenvalue weighted by Crippen LogP contribution is -2.09. The number of carbonyl (C=O) groups excluding carboxylic acids is 1. The minimum Gasteiger partial charge on any atom is -0.368 e. The number of thiazole rings is 1. The van der Waals surface area contributed by atoms with Crippen LogP contribution in [0.4, 0.5) is 19.9 Å². The smallest absolute Gasteiger partial charge is 0.267 e. The van der Waals surface area contributed by atoms with E-state index in [1.807, 2.05) is 0 Å². The number of rotatable bonds is 3. The molecule has 4 rings (SSSR count). The number of thiophene rings is 1. The summed E-state index contributed by atoms with van der Waals surface area (Å²) in [6.07, 6.45) is 1.53. The van der Waals surface area contributed by atoms with E-state index in [9.17, 15) is 13.6 Å². The SMILES string of the molecule is Nc1nccc(-c2ccc(C(=O)Nc3nc4c(F)cc(F)cc4s3)s2)n1. The average Bonchev–Trinajstić information content (AvgIpc) is 3.21. The van der Waals surface area contributed by atoms with Crippen molar-refractivity contribution < 1.29 is 13.6 Å². The van der Waals surface area contributed by atoms with Gasteiger partial charge in [0.15, 0.2) is 10.9 Å². The monoisotopic (exact) mass is 389 g/mol. The largest absolute Gasteiger partial charge is 0.368 e. The molecule has 0 saturated heterocycles. The molecule has 1 aromatic carbocycles. The van der Waals surface area contributed by atoms with Crippen LogP contribution >= 0.6 is 22.7 Å². The van der Waals surface area contributed by atoms with Gasteiger partial charge in [-0.25, -0.2) is 23.7 Å². The third-order valence-electron chi connectivity index (χ3n) is 3.39. The van der Waals surface area contributed by atoms with Gasteiger partial charge in [-0.05, 0) is 24.3 Å². The van der Waals surface area contributed by atoms with Gasteiger partial charge in [-0.1, -0.05) is 11.3 Å². The summed E-state index contributed by atoms with van der Waals surface area (Å²) in [5.41, 5.74) is 6.20. The summed E-state index contributed by atoms with van der Waals surface area (Å²) in [6, 6.07) is 7.01. The zero-order valence-electron chi connectivity index (χ0n) is 12.9. The van der Waals surface area contributed by atoms with Gasteiger partial charge in [-0.2, -0.15) is 0 Å². The Balaban J connectivity index is 1.58. The van der Waals surface area contributed by atoms with Crippen molar-refractivity contribution in [3.63, 3.8) is 0 Å². The first-order valence-electron chi connectivity index (χ1n) is 7.25. The molecule has 26 heavy (non-hydrogen) atoms. The number of aromatic nitrogens is 3. The first kappa shape index (κ1) is 16.5. The molecule has 3 heterocycles. The van der Waals surface area contributed by atoms with Crippen molar-refractivity contribution in [2.75, 3.05) is 11.1 Å². The van der Waals surface area contributed by atoms with Gasteiger partial charge in [-0.3, -0.25) is 10.1 Å². The molecule has 10 heteroatoms. The van der Waals surface area contributed by atoms with Crippen LogP contribution in [0.25, 0.3) is 20.8 Å². The molecule has 130 valence electrons. The van der Waals surface area contributed by atoms with Crippen molar-refractivity contribution in [3.8, 4) is 10.6 Å². The Hall–Kier alpha value is -2.98. The van der Waals surface area contributed by atoms with Crippen LogP contribution in [0.1, 0.15) is 9.67 Å². The third kappa shape index (κ3) is 3.11.